The zero-order chi connectivity index (χ0) is 15.9. The number of halogens is 2. The van der Waals surface area contributed by atoms with Gasteiger partial charge in [-0.2, -0.15) is 0 Å². The van der Waals surface area contributed by atoms with Gasteiger partial charge in [0.15, 0.2) is 0 Å². The first-order valence-electron chi connectivity index (χ1n) is 6.34. The topological polar surface area (TPSA) is 87.1 Å². The van der Waals surface area contributed by atoms with Crippen LogP contribution in [0.1, 0.15) is 19.4 Å². The van der Waals surface area contributed by atoms with Gasteiger partial charge in [0, 0.05) is 23.6 Å². The normalized spacial score (nSPS) is 13.1. The summed E-state index contributed by atoms with van der Waals surface area (Å²) in [7, 11) is 0. The fourth-order valence-electron chi connectivity index (χ4n) is 1.83. The van der Waals surface area contributed by atoms with Crippen molar-refractivity contribution in [2.75, 3.05) is 19.7 Å². The Labute approximate surface area is 120 Å². The van der Waals surface area contributed by atoms with Gasteiger partial charge in [0.25, 0.3) is 0 Å². The Hall–Kier alpha value is -2.18. The highest BCUT2D eigenvalue weighted by atomic mass is 19.1. The Kier molecular flexibility index (Phi) is 6.08. The van der Waals surface area contributed by atoms with Crippen molar-refractivity contribution in [3.05, 3.63) is 45.8 Å². The molecule has 0 bridgehead atoms. The minimum atomic E-state index is -1.58. The van der Waals surface area contributed by atoms with E-state index in [1.807, 2.05) is 0 Å². The van der Waals surface area contributed by atoms with E-state index in [4.69, 9.17) is 10.3 Å². The number of azide groups is 1. The van der Waals surface area contributed by atoms with Crippen LogP contribution in [0.25, 0.3) is 10.4 Å². The first-order valence-corrected chi connectivity index (χ1v) is 6.34. The Bertz CT molecular complexity index is 561. The molecule has 0 aromatic heterocycles. The number of carbonyl (C=O) groups excluding carboxylic acids is 1. The standard InChI is InChI=1S/C13H16F2N4O2/c1-3-21-12(20)13(2,17-6-7-18-19-16)10-8-9(14)4-5-11(10)15/h4-5,8,17H,3,6-7H2,1-2H3. The lowest BCUT2D eigenvalue weighted by Crippen LogP contribution is -2.49. The third-order valence-electron chi connectivity index (χ3n) is 2.90. The predicted octanol–water partition coefficient (Wildman–Crippen LogP) is 2.64. The minimum Gasteiger partial charge on any atom is -0.464 e. The van der Waals surface area contributed by atoms with E-state index in [1.54, 1.807) is 6.92 Å². The summed E-state index contributed by atoms with van der Waals surface area (Å²) >= 11 is 0. The molecular formula is C13H16F2N4O2. The first kappa shape index (κ1) is 16.9. The molecule has 0 saturated carbocycles. The third-order valence-corrected chi connectivity index (χ3v) is 2.90. The number of benzene rings is 1. The van der Waals surface area contributed by atoms with E-state index in [1.165, 1.54) is 6.92 Å². The average Bonchev–Trinajstić information content (AvgIpc) is 2.46. The summed E-state index contributed by atoms with van der Waals surface area (Å²) < 4.78 is 32.2. The molecule has 0 fully saturated rings. The van der Waals surface area contributed by atoms with Crippen molar-refractivity contribution in [1.29, 1.82) is 0 Å². The molecule has 1 unspecified atom stereocenters. The lowest BCUT2D eigenvalue weighted by Gasteiger charge is -2.29. The van der Waals surface area contributed by atoms with E-state index < -0.39 is 23.1 Å². The van der Waals surface area contributed by atoms with Crippen LogP contribution in [0.3, 0.4) is 0 Å². The van der Waals surface area contributed by atoms with Gasteiger partial charge in [-0.05, 0) is 37.6 Å². The van der Waals surface area contributed by atoms with Gasteiger partial charge in [-0.3, -0.25) is 5.32 Å². The van der Waals surface area contributed by atoms with E-state index in [0.717, 1.165) is 18.2 Å². The summed E-state index contributed by atoms with van der Waals surface area (Å²) in [6.45, 7) is 3.26. The van der Waals surface area contributed by atoms with Crippen LogP contribution in [0.5, 0.6) is 0 Å². The highest BCUT2D eigenvalue weighted by Crippen LogP contribution is 2.26. The van der Waals surface area contributed by atoms with Gasteiger partial charge >= 0.3 is 5.97 Å². The number of nitrogens with zero attached hydrogens (tertiary/aromatic N) is 3. The Balaban J connectivity index is 3.13. The van der Waals surface area contributed by atoms with Crippen LogP contribution in [-0.4, -0.2) is 25.7 Å². The lowest BCUT2D eigenvalue weighted by molar-refractivity contribution is -0.151. The van der Waals surface area contributed by atoms with Crippen molar-refractivity contribution < 1.29 is 18.3 Å². The number of carbonyl (C=O) groups is 1. The SMILES string of the molecule is CCOC(=O)C(C)(NCCN=[N+]=[N-])c1cc(F)ccc1F. The number of nitrogens with one attached hydrogen (secondary N) is 1. The summed E-state index contributed by atoms with van der Waals surface area (Å²) in [5, 5.41) is 6.07. The van der Waals surface area contributed by atoms with Gasteiger partial charge in [-0.1, -0.05) is 5.11 Å². The number of rotatable bonds is 7. The van der Waals surface area contributed by atoms with Gasteiger partial charge in [0.1, 0.15) is 17.2 Å². The van der Waals surface area contributed by atoms with Gasteiger partial charge in [-0.15, -0.1) is 0 Å². The zero-order valence-corrected chi connectivity index (χ0v) is 11.8. The molecule has 1 rings (SSSR count). The van der Waals surface area contributed by atoms with Gasteiger partial charge in [0.05, 0.1) is 6.61 Å². The predicted molar refractivity (Wildman–Crippen MR) is 72.4 cm³/mol. The third kappa shape index (κ3) is 4.14. The van der Waals surface area contributed by atoms with Crippen LogP contribution in [0.2, 0.25) is 0 Å². The fourth-order valence-corrected chi connectivity index (χ4v) is 1.83. The summed E-state index contributed by atoms with van der Waals surface area (Å²) in [4.78, 5) is 14.7. The molecule has 8 heteroatoms. The van der Waals surface area contributed by atoms with Gasteiger partial charge in [0.2, 0.25) is 0 Å². The van der Waals surface area contributed by atoms with Crippen molar-refractivity contribution in [1.82, 2.24) is 5.32 Å². The molecule has 6 nitrogen and oxygen atoms in total. The number of ether oxygens (including phenoxy) is 1. The van der Waals surface area contributed by atoms with E-state index >= 15 is 0 Å². The number of hydrogen-bond donors (Lipinski definition) is 1. The maximum absolute atomic E-state index is 13.9. The molecule has 0 saturated heterocycles. The maximum atomic E-state index is 13.9. The molecule has 1 aromatic carbocycles. The Morgan fingerprint density at radius 1 is 1.52 bits per heavy atom. The monoisotopic (exact) mass is 298 g/mol. The highest BCUT2D eigenvalue weighted by molar-refractivity contribution is 5.82. The van der Waals surface area contributed by atoms with Gasteiger partial charge < -0.3 is 4.74 Å². The van der Waals surface area contributed by atoms with Crippen molar-refractivity contribution >= 4 is 5.97 Å². The molecule has 0 aliphatic rings. The van der Waals surface area contributed by atoms with E-state index in [0.29, 0.717) is 0 Å². The van der Waals surface area contributed by atoms with Crippen LogP contribution < -0.4 is 5.32 Å². The van der Waals surface area contributed by atoms with Crippen LogP contribution in [0.4, 0.5) is 8.78 Å². The summed E-state index contributed by atoms with van der Waals surface area (Å²) in [6, 6.07) is 2.84. The van der Waals surface area contributed by atoms with Crippen molar-refractivity contribution in [2.24, 2.45) is 5.11 Å². The second-order valence-electron chi connectivity index (χ2n) is 4.35. The molecular weight excluding hydrogens is 282 g/mol. The van der Waals surface area contributed by atoms with E-state index in [2.05, 4.69) is 15.3 Å². The summed E-state index contributed by atoms with van der Waals surface area (Å²) in [5.74, 6) is -2.14. The number of esters is 1. The quantitative estimate of drug-likeness (QED) is 0.276. The minimum absolute atomic E-state index is 0.0580. The first-order chi connectivity index (χ1) is 9.95. The highest BCUT2D eigenvalue weighted by Gasteiger charge is 2.38. The molecule has 1 atom stereocenters. The molecule has 0 radical (unpaired) electrons. The van der Waals surface area contributed by atoms with E-state index in [-0.39, 0.29) is 25.3 Å². The summed E-state index contributed by atoms with van der Waals surface area (Å²) in [6.07, 6.45) is 0. The Morgan fingerprint density at radius 3 is 2.86 bits per heavy atom. The largest absolute Gasteiger partial charge is 0.464 e. The zero-order valence-electron chi connectivity index (χ0n) is 11.8. The fraction of sp³-hybridized carbons (Fsp3) is 0.462. The van der Waals surface area contributed by atoms with Crippen LogP contribution >= 0.6 is 0 Å². The molecule has 0 aliphatic carbocycles. The second-order valence-corrected chi connectivity index (χ2v) is 4.35. The van der Waals surface area contributed by atoms with Crippen molar-refractivity contribution in [3.8, 4) is 0 Å². The second kappa shape index (κ2) is 7.56. The molecule has 0 aliphatic heterocycles. The lowest BCUT2D eigenvalue weighted by atomic mass is 9.91. The smallest absolute Gasteiger partial charge is 0.330 e. The van der Waals surface area contributed by atoms with Crippen LogP contribution in [-0.2, 0) is 15.1 Å². The number of hydrogen-bond acceptors (Lipinski definition) is 4. The molecule has 0 heterocycles. The maximum Gasteiger partial charge on any atom is 0.330 e. The van der Waals surface area contributed by atoms with Crippen molar-refractivity contribution in [2.45, 2.75) is 19.4 Å². The van der Waals surface area contributed by atoms with Crippen LogP contribution in [0.15, 0.2) is 23.3 Å². The summed E-state index contributed by atoms with van der Waals surface area (Å²) in [5.41, 5.74) is 6.47. The molecule has 1 N–H and O–H groups in total. The molecule has 21 heavy (non-hydrogen) atoms. The van der Waals surface area contributed by atoms with Crippen molar-refractivity contribution in [3.63, 3.8) is 0 Å². The van der Waals surface area contributed by atoms with Gasteiger partial charge in [-0.25, -0.2) is 13.6 Å². The molecule has 114 valence electrons. The average molecular weight is 298 g/mol. The van der Waals surface area contributed by atoms with E-state index in [9.17, 15) is 13.6 Å². The molecule has 1 aromatic rings. The molecule has 0 amide bonds. The van der Waals surface area contributed by atoms with Crippen LogP contribution in [0, 0.1) is 11.6 Å². The Morgan fingerprint density at radius 2 is 2.24 bits per heavy atom. The molecule has 0 spiro atoms.